The van der Waals surface area contributed by atoms with Crippen molar-refractivity contribution < 1.29 is 64.0 Å². The number of hydrogen-bond acceptors (Lipinski definition) is 4. The van der Waals surface area contributed by atoms with Crippen molar-refractivity contribution in [1.82, 2.24) is 0 Å². The quantitative estimate of drug-likeness (QED) is 0.0364. The van der Waals surface area contributed by atoms with Crippen molar-refractivity contribution in [3.8, 4) is 0 Å². The zero-order chi connectivity index (χ0) is 50.8. The van der Waals surface area contributed by atoms with Crippen LogP contribution in [0.4, 0.5) is 0 Å². The van der Waals surface area contributed by atoms with Crippen molar-refractivity contribution in [2.45, 2.75) is 65.5 Å². The van der Waals surface area contributed by atoms with Crippen LogP contribution in [-0.2, 0) is 66.9 Å². The molecule has 0 bridgehead atoms. The number of carbonyl (C=O) groups excluding carboxylic acids is 2. The van der Waals surface area contributed by atoms with Gasteiger partial charge in [0, 0.05) is 13.8 Å². The molecule has 371 valence electrons. The molecule has 0 saturated heterocycles. The molecule has 0 aliphatic rings. The van der Waals surface area contributed by atoms with Crippen LogP contribution in [-0.4, -0.2) is 48.1 Å². The maximum Gasteiger partial charge on any atom is 3.00 e. The van der Waals surface area contributed by atoms with Gasteiger partial charge in [0.1, 0.15) is 0 Å². The minimum absolute atomic E-state index is 0. The minimum atomic E-state index is -0.833. The normalized spacial score (nSPS) is 9.03. The molecule has 4 N–H and O–H groups in total. The van der Waals surface area contributed by atoms with E-state index in [1.807, 2.05) is 60.7 Å². The van der Waals surface area contributed by atoms with Crippen LogP contribution in [0.3, 0.4) is 0 Å². The van der Waals surface area contributed by atoms with Gasteiger partial charge in [0.15, 0.2) is 0 Å². The Bertz CT molecular complexity index is 1730. The van der Waals surface area contributed by atoms with E-state index in [9.17, 15) is 0 Å². The molecule has 6 rings (SSSR count). The van der Waals surface area contributed by atoms with Crippen LogP contribution >= 0.6 is 35.2 Å². The van der Waals surface area contributed by atoms with Gasteiger partial charge >= 0.3 is 54.0 Å². The number of carboxylic acids is 2. The molecule has 6 aromatic rings. The first-order valence-corrected chi connectivity index (χ1v) is 29.1. The van der Waals surface area contributed by atoms with Gasteiger partial charge in [-0.15, -0.1) is 13.1 Å². The SMILES string of the molecule is CC(=O)O.CC(=O)O.[CH-]=O.[CH-]=O.[CH2-]CCCC[PH+](c1ccccc1)c1ccccc1.[CH2-]CCCC[PH+](c1ccccc1)c1ccccc1.[Cl][Ru][Cl].[NH-]Cc1ccccc1.[NH-]Cc1ccccc1.[Ru+3]. The number of nitrogens with one attached hydrogen (secondary N) is 2. The van der Waals surface area contributed by atoms with Gasteiger partial charge in [-0.25, -0.2) is 0 Å². The van der Waals surface area contributed by atoms with Crippen LogP contribution < -0.4 is 21.2 Å². The van der Waals surface area contributed by atoms with Crippen molar-refractivity contribution in [3.63, 3.8) is 0 Å². The van der Waals surface area contributed by atoms with E-state index in [1.54, 1.807) is 0 Å². The molecule has 0 unspecified atom stereocenters. The van der Waals surface area contributed by atoms with Gasteiger partial charge in [0.2, 0.25) is 0 Å². The second kappa shape index (κ2) is 54.2. The molecular weight excluding hydrogens is 1110 g/mol. The fourth-order valence-corrected chi connectivity index (χ4v) is 11.0. The van der Waals surface area contributed by atoms with E-state index in [0.29, 0.717) is 13.1 Å². The number of carboxylic acid groups (broad SMARTS) is 2. The molecule has 14 heteroatoms. The van der Waals surface area contributed by atoms with Crippen molar-refractivity contribution in [2.75, 3.05) is 12.3 Å². The molecule has 8 nitrogen and oxygen atoms in total. The molecule has 68 heavy (non-hydrogen) atoms. The molecule has 0 heterocycles. The summed E-state index contributed by atoms with van der Waals surface area (Å²) in [6.07, 6.45) is 9.81. The molecule has 6 aromatic carbocycles. The van der Waals surface area contributed by atoms with Gasteiger partial charge in [-0.05, 0) is 61.4 Å². The second-order valence-electron chi connectivity index (χ2n) is 13.5. The van der Waals surface area contributed by atoms with Crippen LogP contribution in [0, 0.1) is 13.8 Å². The number of benzene rings is 6. The Balaban J connectivity index is -0.000000378. The fraction of sp³-hybridized carbons (Fsp3) is 0.222. The molecular formula is C54H68Cl2N2O6P2Ru2-. The summed E-state index contributed by atoms with van der Waals surface area (Å²) in [5, 5.41) is 20.9. The summed E-state index contributed by atoms with van der Waals surface area (Å²) in [5.74, 6) is -1.67. The molecule has 0 aromatic heterocycles. The van der Waals surface area contributed by atoms with Crippen molar-refractivity contribution >= 4 is 82.0 Å². The Morgan fingerprint density at radius 2 is 0.647 bits per heavy atom. The van der Waals surface area contributed by atoms with Gasteiger partial charge in [-0.1, -0.05) is 157 Å². The summed E-state index contributed by atoms with van der Waals surface area (Å²) in [6, 6.07) is 63.4. The molecule has 0 atom stereocenters. The molecule has 0 aliphatic heterocycles. The Morgan fingerprint density at radius 3 is 0.794 bits per heavy atom. The minimum Gasteiger partial charge on any atom is -0.674 e. The summed E-state index contributed by atoms with van der Waals surface area (Å²) in [7, 11) is 8.51. The van der Waals surface area contributed by atoms with Gasteiger partial charge in [-0.2, -0.15) is 12.8 Å². The van der Waals surface area contributed by atoms with E-state index < -0.39 is 27.8 Å². The summed E-state index contributed by atoms with van der Waals surface area (Å²) >= 11 is -0.346. The van der Waals surface area contributed by atoms with Gasteiger partial charge < -0.3 is 45.1 Å². The summed E-state index contributed by atoms with van der Waals surface area (Å²) in [5.41, 5.74) is 16.0. The number of unbranched alkanes of at least 4 members (excludes halogenated alkanes) is 4. The monoisotopic (exact) mass is 1180 g/mol. The Hall–Kier alpha value is -3.79. The fourth-order valence-electron chi connectivity index (χ4n) is 5.62. The largest absolute Gasteiger partial charge is 3.00 e. The maximum absolute atomic E-state index is 9.00. The number of aliphatic carboxylic acids is 2. The van der Waals surface area contributed by atoms with E-state index in [-0.39, 0.29) is 34.6 Å². The van der Waals surface area contributed by atoms with Gasteiger partial charge in [0.05, 0.1) is 49.4 Å². The summed E-state index contributed by atoms with van der Waals surface area (Å²) < 4.78 is 0. The first-order chi connectivity index (χ1) is 32.6. The number of hydrogen-bond donors (Lipinski definition) is 2. The summed E-state index contributed by atoms with van der Waals surface area (Å²) in [4.78, 5) is 33.5. The third kappa shape index (κ3) is 42.3. The van der Waals surface area contributed by atoms with E-state index in [2.05, 4.69) is 149 Å². The Kier molecular flexibility index (Phi) is 56.4. The van der Waals surface area contributed by atoms with Crippen LogP contribution in [0.5, 0.6) is 0 Å². The Labute approximate surface area is 439 Å². The van der Waals surface area contributed by atoms with Crippen LogP contribution in [0.15, 0.2) is 182 Å². The number of carbonyl (C=O) groups is 2. The third-order valence-electron chi connectivity index (χ3n) is 8.44. The molecule has 0 aliphatic carbocycles. The zero-order valence-corrected chi connectivity index (χ0v) is 45.9. The Morgan fingerprint density at radius 1 is 0.471 bits per heavy atom. The van der Waals surface area contributed by atoms with Gasteiger partial charge in [-0.3, -0.25) is 23.2 Å². The van der Waals surface area contributed by atoms with E-state index >= 15 is 0 Å². The first-order valence-electron chi connectivity index (χ1n) is 21.2. The van der Waals surface area contributed by atoms with Crippen LogP contribution in [0.2, 0.25) is 0 Å². The third-order valence-corrected chi connectivity index (χ3v) is 14.3. The standard InChI is InChI=1S/2C17H20P.2C7H8N.2C2H4O2.2CHO.2ClH.2Ru/c2*1-2-3-10-15-18(16-11-6-4-7-12-16)17-13-8-5-9-14-17;2*8-6-7-4-2-1-3-5-7;2*1-2(3)4;2*1-2;;;;/h2*4-9,11-14H,1-3,10,15H2;2*1-5,8H,6H2;2*1H3,(H,3,4);2*1H;2*1H;;/q4*-1;;;2*-1;;;+2;+3. The van der Waals surface area contributed by atoms with E-state index in [4.69, 9.17) is 60.2 Å². The average Bonchev–Trinajstić information content (AvgIpc) is 3.37. The van der Waals surface area contributed by atoms with Crippen LogP contribution in [0.25, 0.3) is 11.5 Å². The molecule has 1 radical (unpaired) electrons. The van der Waals surface area contributed by atoms with Crippen LogP contribution in [0.1, 0.15) is 63.5 Å². The van der Waals surface area contributed by atoms with Crippen molar-refractivity contribution in [3.05, 3.63) is 218 Å². The first kappa shape index (κ1) is 70.8. The van der Waals surface area contributed by atoms with Gasteiger partial charge in [0.25, 0.3) is 11.9 Å². The predicted molar refractivity (Wildman–Crippen MR) is 290 cm³/mol. The second-order valence-corrected chi connectivity index (χ2v) is 21.3. The molecule has 0 fully saturated rings. The predicted octanol–water partition coefficient (Wildman–Crippen LogP) is 13.2. The zero-order valence-electron chi connectivity index (χ0n) is 39.0. The smallest absolute Gasteiger partial charge is 0.674 e. The van der Waals surface area contributed by atoms with Crippen molar-refractivity contribution in [2.24, 2.45) is 0 Å². The molecule has 0 saturated carbocycles. The summed E-state index contributed by atoms with van der Waals surface area (Å²) in [6.45, 7) is 17.3. The number of halogens is 2. The topological polar surface area (TPSA) is 156 Å². The maximum atomic E-state index is 9.00. The average molecular weight is 1180 g/mol. The van der Waals surface area contributed by atoms with E-state index in [1.165, 1.54) is 59.2 Å². The van der Waals surface area contributed by atoms with Crippen molar-refractivity contribution in [1.29, 1.82) is 0 Å². The number of rotatable bonds is 14. The van der Waals surface area contributed by atoms with E-state index in [0.717, 1.165) is 37.8 Å². The molecule has 0 spiro atoms. The molecule has 0 amide bonds.